The van der Waals surface area contributed by atoms with E-state index in [1.54, 1.807) is 24.4 Å². The van der Waals surface area contributed by atoms with Gasteiger partial charge in [-0.25, -0.2) is 0 Å². The predicted molar refractivity (Wildman–Crippen MR) is 98.1 cm³/mol. The topological polar surface area (TPSA) is 99.3 Å². The zero-order valence-electron chi connectivity index (χ0n) is 14.5. The molecule has 1 N–H and O–H groups in total. The summed E-state index contributed by atoms with van der Waals surface area (Å²) in [7, 11) is 0. The first-order valence-corrected chi connectivity index (χ1v) is 8.81. The second-order valence-corrected chi connectivity index (χ2v) is 6.72. The zero-order chi connectivity index (χ0) is 20.3. The van der Waals surface area contributed by atoms with Gasteiger partial charge in [-0.1, -0.05) is 6.07 Å². The predicted octanol–water partition coefficient (Wildman–Crippen LogP) is 4.06. The molecule has 11 heteroatoms. The Hall–Kier alpha value is -3.34. The van der Waals surface area contributed by atoms with Crippen LogP contribution in [-0.4, -0.2) is 27.2 Å². The number of ether oxygens (including phenoxy) is 1. The van der Waals surface area contributed by atoms with Crippen LogP contribution in [0.25, 0.3) is 0 Å². The molecule has 1 amide bonds. The first-order chi connectivity index (χ1) is 13.3. The third-order valence-corrected chi connectivity index (χ3v) is 4.63. The lowest BCUT2D eigenvalue weighted by atomic mass is 10.2. The van der Waals surface area contributed by atoms with Gasteiger partial charge in [0.05, 0.1) is 22.0 Å². The van der Waals surface area contributed by atoms with Crippen LogP contribution in [0.4, 0.5) is 20.2 Å². The molecule has 0 atom stereocenters. The number of nitro groups is 1. The van der Waals surface area contributed by atoms with E-state index in [-0.39, 0.29) is 23.7 Å². The van der Waals surface area contributed by atoms with Gasteiger partial charge in [0.1, 0.15) is 18.1 Å². The number of carbonyl (C=O) groups excluding carboxylic acids is 1. The number of rotatable bonds is 7. The number of carbonyl (C=O) groups is 1. The quantitative estimate of drug-likeness (QED) is 0.469. The number of aromatic nitrogens is 2. The summed E-state index contributed by atoms with van der Waals surface area (Å²) in [4.78, 5) is 23.0. The van der Waals surface area contributed by atoms with Crippen LogP contribution in [-0.2, 0) is 6.54 Å². The maximum Gasteiger partial charge on any atom is 0.387 e. The van der Waals surface area contributed by atoms with Crippen molar-refractivity contribution in [1.82, 2.24) is 9.78 Å². The van der Waals surface area contributed by atoms with Gasteiger partial charge in [-0.2, -0.15) is 13.9 Å². The summed E-state index contributed by atoms with van der Waals surface area (Å²) in [5, 5.41) is 18.9. The van der Waals surface area contributed by atoms with Gasteiger partial charge < -0.3 is 10.1 Å². The first-order valence-electron chi connectivity index (χ1n) is 7.93. The Balaban J connectivity index is 1.72. The smallest absolute Gasteiger partial charge is 0.387 e. The van der Waals surface area contributed by atoms with Crippen LogP contribution in [0.1, 0.15) is 20.8 Å². The number of anilines is 1. The minimum Gasteiger partial charge on any atom is -0.433 e. The van der Waals surface area contributed by atoms with Crippen molar-refractivity contribution in [2.75, 3.05) is 5.32 Å². The SMILES string of the molecule is Cc1ccc(OC(F)F)c(NC(=O)c2cc(Cn3cc([N+](=O)[O-])cn3)cs2)c1. The van der Waals surface area contributed by atoms with Gasteiger partial charge in [0.2, 0.25) is 0 Å². The summed E-state index contributed by atoms with van der Waals surface area (Å²) in [6, 6.07) is 6.10. The molecule has 146 valence electrons. The Morgan fingerprint density at radius 3 is 2.89 bits per heavy atom. The third-order valence-electron chi connectivity index (χ3n) is 3.65. The number of hydrogen-bond acceptors (Lipinski definition) is 6. The molecule has 0 spiro atoms. The molecule has 0 unspecified atom stereocenters. The lowest BCUT2D eigenvalue weighted by Crippen LogP contribution is -2.13. The fourth-order valence-corrected chi connectivity index (χ4v) is 3.22. The molecule has 0 bridgehead atoms. The Morgan fingerprint density at radius 1 is 1.43 bits per heavy atom. The molecule has 0 radical (unpaired) electrons. The largest absolute Gasteiger partial charge is 0.433 e. The molecule has 0 saturated carbocycles. The Kier molecular flexibility index (Phi) is 5.64. The van der Waals surface area contributed by atoms with Crippen molar-refractivity contribution in [2.24, 2.45) is 0 Å². The molecular weight excluding hydrogens is 394 g/mol. The molecule has 0 aliphatic rings. The summed E-state index contributed by atoms with van der Waals surface area (Å²) in [6.07, 6.45) is 2.43. The van der Waals surface area contributed by atoms with Gasteiger partial charge in [-0.15, -0.1) is 11.3 Å². The lowest BCUT2D eigenvalue weighted by Gasteiger charge is -2.12. The van der Waals surface area contributed by atoms with E-state index in [0.717, 1.165) is 28.7 Å². The highest BCUT2D eigenvalue weighted by Crippen LogP contribution is 2.28. The lowest BCUT2D eigenvalue weighted by molar-refractivity contribution is -0.385. The highest BCUT2D eigenvalue weighted by molar-refractivity contribution is 7.12. The molecule has 0 saturated heterocycles. The highest BCUT2D eigenvalue weighted by atomic mass is 32.1. The summed E-state index contributed by atoms with van der Waals surface area (Å²) >= 11 is 1.16. The average molecular weight is 408 g/mol. The van der Waals surface area contributed by atoms with E-state index >= 15 is 0 Å². The summed E-state index contributed by atoms with van der Waals surface area (Å²) in [5.41, 5.74) is 1.51. The fourth-order valence-electron chi connectivity index (χ4n) is 2.42. The van der Waals surface area contributed by atoms with E-state index in [0.29, 0.717) is 4.88 Å². The molecule has 1 aromatic carbocycles. The van der Waals surface area contributed by atoms with Gasteiger partial charge in [-0.3, -0.25) is 19.6 Å². The summed E-state index contributed by atoms with van der Waals surface area (Å²) in [5.74, 6) is -0.609. The first kappa shape index (κ1) is 19.4. The number of aryl methyl sites for hydroxylation is 1. The molecular formula is C17H14F2N4O4S. The Labute approximate surface area is 161 Å². The average Bonchev–Trinajstić information content (AvgIpc) is 3.27. The number of thiophene rings is 1. The van der Waals surface area contributed by atoms with E-state index in [1.165, 1.54) is 23.0 Å². The van der Waals surface area contributed by atoms with Crippen molar-refractivity contribution in [3.05, 3.63) is 68.2 Å². The van der Waals surface area contributed by atoms with Crippen LogP contribution >= 0.6 is 11.3 Å². The Morgan fingerprint density at radius 2 is 2.21 bits per heavy atom. The molecule has 0 fully saturated rings. The van der Waals surface area contributed by atoms with Crippen LogP contribution in [0.2, 0.25) is 0 Å². The summed E-state index contributed by atoms with van der Waals surface area (Å²) < 4.78 is 30.9. The fraction of sp³-hybridized carbons (Fsp3) is 0.176. The number of benzene rings is 1. The molecule has 0 aliphatic carbocycles. The van der Waals surface area contributed by atoms with Crippen molar-refractivity contribution < 1.29 is 23.2 Å². The highest BCUT2D eigenvalue weighted by Gasteiger charge is 2.16. The monoisotopic (exact) mass is 408 g/mol. The molecule has 2 heterocycles. The van der Waals surface area contributed by atoms with Crippen LogP contribution in [0.3, 0.4) is 0 Å². The van der Waals surface area contributed by atoms with Crippen molar-refractivity contribution in [3.63, 3.8) is 0 Å². The van der Waals surface area contributed by atoms with E-state index in [2.05, 4.69) is 15.2 Å². The molecule has 28 heavy (non-hydrogen) atoms. The maximum absolute atomic E-state index is 12.5. The molecule has 3 aromatic rings. The molecule has 3 rings (SSSR count). The maximum atomic E-state index is 12.5. The number of hydrogen-bond donors (Lipinski definition) is 1. The van der Waals surface area contributed by atoms with Gasteiger partial charge in [-0.05, 0) is 41.6 Å². The number of nitrogens with one attached hydrogen (secondary N) is 1. The number of amides is 1. The van der Waals surface area contributed by atoms with Gasteiger partial charge >= 0.3 is 12.3 Å². The molecule has 0 aliphatic heterocycles. The van der Waals surface area contributed by atoms with Crippen molar-refractivity contribution >= 4 is 28.6 Å². The van der Waals surface area contributed by atoms with E-state index in [4.69, 9.17) is 0 Å². The normalized spacial score (nSPS) is 10.9. The van der Waals surface area contributed by atoms with Crippen LogP contribution in [0, 0.1) is 17.0 Å². The minimum absolute atomic E-state index is 0.126. The second-order valence-electron chi connectivity index (χ2n) is 5.80. The van der Waals surface area contributed by atoms with E-state index in [9.17, 15) is 23.7 Å². The van der Waals surface area contributed by atoms with Gasteiger partial charge in [0.25, 0.3) is 5.91 Å². The molecule has 8 nitrogen and oxygen atoms in total. The van der Waals surface area contributed by atoms with Crippen LogP contribution in [0.15, 0.2) is 42.0 Å². The van der Waals surface area contributed by atoms with Crippen molar-refractivity contribution in [2.45, 2.75) is 20.1 Å². The second kappa shape index (κ2) is 8.13. The third kappa shape index (κ3) is 4.68. The number of alkyl halides is 2. The Bertz CT molecular complexity index is 1020. The van der Waals surface area contributed by atoms with E-state index < -0.39 is 17.4 Å². The number of nitrogens with zero attached hydrogens (tertiary/aromatic N) is 3. The standard InChI is InChI=1S/C17H14F2N4O4S/c1-10-2-3-14(27-17(18)19)13(4-10)21-16(24)15-5-11(9-28-15)7-22-8-12(6-20-22)23(25)26/h2-6,8-9,17H,7H2,1H3,(H,21,24). The van der Waals surface area contributed by atoms with Gasteiger partial charge in [0.15, 0.2) is 0 Å². The minimum atomic E-state index is -3.01. The summed E-state index contributed by atoms with van der Waals surface area (Å²) in [6.45, 7) is -0.999. The van der Waals surface area contributed by atoms with Gasteiger partial charge in [0, 0.05) is 0 Å². The van der Waals surface area contributed by atoms with Crippen molar-refractivity contribution in [3.8, 4) is 5.75 Å². The molecule has 2 aromatic heterocycles. The number of halogens is 2. The van der Waals surface area contributed by atoms with E-state index in [1.807, 2.05) is 0 Å². The van der Waals surface area contributed by atoms with Crippen LogP contribution in [0.5, 0.6) is 5.75 Å². The van der Waals surface area contributed by atoms with Crippen molar-refractivity contribution in [1.29, 1.82) is 0 Å². The zero-order valence-corrected chi connectivity index (χ0v) is 15.3. The van der Waals surface area contributed by atoms with Crippen LogP contribution < -0.4 is 10.1 Å².